The standard InChI is InChI=1S/C18H20N2O4S/c1-19-16-10-5-6-11-17(16)20(12-7-13-24-25(2,22)23)15-9-4-3-8-14(15)18(19)21/h3-6,8-11H,7,12-13H2,1-2H3. The molecular formula is C18H20N2O4S. The van der Waals surface area contributed by atoms with Crippen LogP contribution in [0.15, 0.2) is 48.5 Å². The Kier molecular flexibility index (Phi) is 4.78. The van der Waals surface area contributed by atoms with Gasteiger partial charge in [0.15, 0.2) is 0 Å². The van der Waals surface area contributed by atoms with Gasteiger partial charge in [-0.05, 0) is 30.7 Å². The molecule has 0 N–H and O–H groups in total. The third-order valence-corrected chi connectivity index (χ3v) is 4.68. The monoisotopic (exact) mass is 360 g/mol. The highest BCUT2D eigenvalue weighted by Gasteiger charge is 2.28. The molecule has 7 heteroatoms. The molecule has 25 heavy (non-hydrogen) atoms. The number of hydrogen-bond acceptors (Lipinski definition) is 5. The summed E-state index contributed by atoms with van der Waals surface area (Å²) in [6.45, 7) is 0.633. The van der Waals surface area contributed by atoms with E-state index in [-0.39, 0.29) is 12.5 Å². The van der Waals surface area contributed by atoms with Gasteiger partial charge in [0.25, 0.3) is 16.0 Å². The van der Waals surface area contributed by atoms with Crippen molar-refractivity contribution >= 4 is 33.1 Å². The Morgan fingerprint density at radius 3 is 2.24 bits per heavy atom. The lowest BCUT2D eigenvalue weighted by Crippen LogP contribution is -2.25. The third-order valence-electron chi connectivity index (χ3n) is 4.09. The number of carbonyl (C=O) groups is 1. The van der Waals surface area contributed by atoms with Crippen LogP contribution in [0.5, 0.6) is 0 Å². The van der Waals surface area contributed by atoms with E-state index in [2.05, 4.69) is 0 Å². The van der Waals surface area contributed by atoms with Gasteiger partial charge in [0.1, 0.15) is 0 Å². The summed E-state index contributed by atoms with van der Waals surface area (Å²) >= 11 is 0. The zero-order valence-corrected chi connectivity index (χ0v) is 15.0. The minimum Gasteiger partial charge on any atom is -0.339 e. The van der Waals surface area contributed by atoms with Crippen LogP contribution >= 0.6 is 0 Å². The van der Waals surface area contributed by atoms with Crippen molar-refractivity contribution in [3.05, 3.63) is 54.1 Å². The van der Waals surface area contributed by atoms with Crippen molar-refractivity contribution in [2.45, 2.75) is 6.42 Å². The van der Waals surface area contributed by atoms with Gasteiger partial charge in [0.2, 0.25) is 0 Å². The van der Waals surface area contributed by atoms with E-state index in [4.69, 9.17) is 4.18 Å². The molecule has 0 aromatic heterocycles. The average Bonchev–Trinajstić information content (AvgIpc) is 2.67. The molecule has 1 aliphatic heterocycles. The topological polar surface area (TPSA) is 66.9 Å². The molecule has 0 bridgehead atoms. The SMILES string of the molecule is CN1C(=O)c2ccccc2N(CCCOS(C)(=O)=O)c2ccccc21. The minimum atomic E-state index is -3.45. The summed E-state index contributed by atoms with van der Waals surface area (Å²) in [5, 5.41) is 0. The van der Waals surface area contributed by atoms with Crippen LogP contribution in [0.4, 0.5) is 17.1 Å². The van der Waals surface area contributed by atoms with E-state index in [0.717, 1.165) is 23.3 Å². The van der Waals surface area contributed by atoms with Gasteiger partial charge in [0.05, 0.1) is 35.5 Å². The molecule has 0 spiro atoms. The molecule has 2 aromatic carbocycles. The normalized spacial score (nSPS) is 14.1. The predicted molar refractivity (Wildman–Crippen MR) is 98.0 cm³/mol. The summed E-state index contributed by atoms with van der Waals surface area (Å²) in [5.74, 6) is -0.0714. The van der Waals surface area contributed by atoms with Crippen LogP contribution in [0.1, 0.15) is 16.8 Å². The van der Waals surface area contributed by atoms with Gasteiger partial charge >= 0.3 is 0 Å². The zero-order valence-electron chi connectivity index (χ0n) is 14.2. The number of hydrogen-bond donors (Lipinski definition) is 0. The maximum absolute atomic E-state index is 12.8. The number of anilines is 3. The lowest BCUT2D eigenvalue weighted by Gasteiger charge is -2.26. The van der Waals surface area contributed by atoms with Gasteiger partial charge in [-0.15, -0.1) is 0 Å². The summed E-state index contributed by atoms with van der Waals surface area (Å²) in [4.78, 5) is 16.5. The second-order valence-electron chi connectivity index (χ2n) is 5.90. The first-order valence-corrected chi connectivity index (χ1v) is 9.78. The molecule has 2 aromatic rings. The van der Waals surface area contributed by atoms with Crippen LogP contribution in [-0.4, -0.2) is 40.8 Å². The highest BCUT2D eigenvalue weighted by molar-refractivity contribution is 7.85. The second-order valence-corrected chi connectivity index (χ2v) is 7.55. The van der Waals surface area contributed by atoms with Crippen LogP contribution in [0, 0.1) is 0 Å². The summed E-state index contributed by atoms with van der Waals surface area (Å²) in [6.07, 6.45) is 1.55. The first-order chi connectivity index (χ1) is 11.9. The largest absolute Gasteiger partial charge is 0.339 e. The van der Waals surface area contributed by atoms with Gasteiger partial charge < -0.3 is 9.80 Å². The Hall–Kier alpha value is -2.38. The summed E-state index contributed by atoms with van der Waals surface area (Å²) in [7, 11) is -1.70. The molecule has 0 atom stereocenters. The number of nitrogens with zero attached hydrogens (tertiary/aromatic N) is 2. The number of amides is 1. The third kappa shape index (κ3) is 3.67. The molecule has 0 aliphatic carbocycles. The van der Waals surface area contributed by atoms with Crippen molar-refractivity contribution in [1.82, 2.24) is 0 Å². The van der Waals surface area contributed by atoms with E-state index < -0.39 is 10.1 Å². The second kappa shape index (κ2) is 6.85. The smallest absolute Gasteiger partial charge is 0.264 e. The Labute approximate surface area is 147 Å². The maximum Gasteiger partial charge on any atom is 0.264 e. The molecule has 0 radical (unpaired) electrons. The first-order valence-electron chi connectivity index (χ1n) is 7.96. The number of rotatable bonds is 5. The zero-order chi connectivity index (χ0) is 18.0. The molecule has 1 amide bonds. The molecule has 1 heterocycles. The van der Waals surface area contributed by atoms with E-state index in [1.54, 1.807) is 18.0 Å². The Bertz CT molecular complexity index is 895. The van der Waals surface area contributed by atoms with E-state index in [1.807, 2.05) is 47.4 Å². The molecule has 1 aliphatic rings. The highest BCUT2D eigenvalue weighted by atomic mass is 32.2. The minimum absolute atomic E-state index is 0.0714. The van der Waals surface area contributed by atoms with Crippen molar-refractivity contribution in [3.63, 3.8) is 0 Å². The van der Waals surface area contributed by atoms with Crippen molar-refractivity contribution in [2.24, 2.45) is 0 Å². The first kappa shape index (κ1) is 17.4. The van der Waals surface area contributed by atoms with Gasteiger partial charge in [-0.25, -0.2) is 0 Å². The number of fused-ring (bicyclic) bond motifs is 2. The van der Waals surface area contributed by atoms with E-state index >= 15 is 0 Å². The van der Waals surface area contributed by atoms with Gasteiger partial charge in [-0.2, -0.15) is 8.42 Å². The van der Waals surface area contributed by atoms with Crippen LogP contribution in [0.25, 0.3) is 0 Å². The number of para-hydroxylation sites is 3. The highest BCUT2D eigenvalue weighted by Crippen LogP contribution is 2.39. The lowest BCUT2D eigenvalue weighted by molar-refractivity contribution is 0.0994. The van der Waals surface area contributed by atoms with Gasteiger partial charge in [-0.1, -0.05) is 24.3 Å². The molecule has 132 valence electrons. The van der Waals surface area contributed by atoms with Crippen LogP contribution in [-0.2, 0) is 14.3 Å². The van der Waals surface area contributed by atoms with E-state index in [1.165, 1.54) is 0 Å². The van der Waals surface area contributed by atoms with E-state index in [9.17, 15) is 13.2 Å². The summed E-state index contributed by atoms with van der Waals surface area (Å²) in [5.41, 5.74) is 3.14. The molecule has 0 fully saturated rings. The van der Waals surface area contributed by atoms with Crippen LogP contribution < -0.4 is 9.80 Å². The van der Waals surface area contributed by atoms with Crippen molar-refractivity contribution in [2.75, 3.05) is 36.3 Å². The van der Waals surface area contributed by atoms with Gasteiger partial charge in [-0.3, -0.25) is 8.98 Å². The summed E-state index contributed by atoms with van der Waals surface area (Å²) in [6, 6.07) is 15.1. The fraction of sp³-hybridized carbons (Fsp3) is 0.278. The Morgan fingerprint density at radius 1 is 0.960 bits per heavy atom. The Balaban J connectivity index is 1.97. The van der Waals surface area contributed by atoms with Crippen LogP contribution in [0.2, 0.25) is 0 Å². The fourth-order valence-corrected chi connectivity index (χ4v) is 3.38. The van der Waals surface area contributed by atoms with Crippen molar-refractivity contribution in [1.29, 1.82) is 0 Å². The molecule has 0 saturated carbocycles. The average molecular weight is 360 g/mol. The molecule has 3 rings (SSSR count). The van der Waals surface area contributed by atoms with Gasteiger partial charge in [0, 0.05) is 13.6 Å². The predicted octanol–water partition coefficient (Wildman–Crippen LogP) is 2.78. The quantitative estimate of drug-likeness (QED) is 0.606. The molecule has 0 unspecified atom stereocenters. The van der Waals surface area contributed by atoms with Crippen molar-refractivity contribution < 1.29 is 17.4 Å². The maximum atomic E-state index is 12.8. The number of carbonyl (C=O) groups excluding carboxylic acids is 1. The van der Waals surface area contributed by atoms with Crippen molar-refractivity contribution in [3.8, 4) is 0 Å². The molecule has 0 saturated heterocycles. The van der Waals surface area contributed by atoms with Crippen LogP contribution in [0.3, 0.4) is 0 Å². The Morgan fingerprint density at radius 2 is 1.56 bits per heavy atom. The van der Waals surface area contributed by atoms with E-state index in [0.29, 0.717) is 18.5 Å². The molecule has 6 nitrogen and oxygen atoms in total. The molecular weight excluding hydrogens is 340 g/mol. The summed E-state index contributed by atoms with van der Waals surface area (Å²) < 4.78 is 27.1. The lowest BCUT2D eigenvalue weighted by atomic mass is 10.1. The fourth-order valence-electron chi connectivity index (χ4n) is 2.96. The number of benzene rings is 2.